The van der Waals surface area contributed by atoms with Crippen LogP contribution in [-0.2, 0) is 19.6 Å². The van der Waals surface area contributed by atoms with Crippen LogP contribution in [0.2, 0.25) is 0 Å². The van der Waals surface area contributed by atoms with Gasteiger partial charge < -0.3 is 4.74 Å². The molecule has 1 aromatic carbocycles. The fourth-order valence-electron chi connectivity index (χ4n) is 3.95. The molecule has 0 radical (unpaired) electrons. The van der Waals surface area contributed by atoms with Crippen LogP contribution in [0, 0.1) is 18.8 Å². The molecule has 1 heterocycles. The van der Waals surface area contributed by atoms with Crippen LogP contribution in [0.4, 0.5) is 0 Å². The monoisotopic (exact) mass is 375 g/mol. The van der Waals surface area contributed by atoms with Gasteiger partial charge in [-0.1, -0.05) is 35.4 Å². The third-order valence-electron chi connectivity index (χ3n) is 5.51. The lowest BCUT2D eigenvalue weighted by molar-refractivity contribution is -0.136. The maximum atomic E-state index is 13.0. The third-order valence-corrected chi connectivity index (χ3v) is 7.36. The molecular formula is C20H25NO4S. The number of allylic oxidation sites excluding steroid dienone is 1. The second-order valence-electron chi connectivity index (χ2n) is 7.29. The molecule has 1 saturated heterocycles. The fourth-order valence-corrected chi connectivity index (χ4v) is 5.47. The molecular weight excluding hydrogens is 350 g/mol. The van der Waals surface area contributed by atoms with Gasteiger partial charge in [-0.3, -0.25) is 0 Å². The highest BCUT2D eigenvalue weighted by atomic mass is 32.2. The molecule has 0 N–H and O–H groups in total. The summed E-state index contributed by atoms with van der Waals surface area (Å²) in [6, 6.07) is 6.95. The van der Waals surface area contributed by atoms with Gasteiger partial charge in [0, 0.05) is 25.1 Å². The Morgan fingerprint density at radius 3 is 2.46 bits per heavy atom. The van der Waals surface area contributed by atoms with Crippen LogP contribution in [-0.4, -0.2) is 38.9 Å². The molecule has 2 atom stereocenters. The van der Waals surface area contributed by atoms with Crippen LogP contribution in [0.5, 0.6) is 0 Å². The Morgan fingerprint density at radius 2 is 1.85 bits per heavy atom. The molecule has 2 aliphatic rings. The number of aryl methyl sites for hydroxylation is 1. The summed E-state index contributed by atoms with van der Waals surface area (Å²) in [7, 11) is -2.13. The molecule has 140 valence electrons. The van der Waals surface area contributed by atoms with Gasteiger partial charge in [0.2, 0.25) is 10.0 Å². The minimum atomic E-state index is -3.52. The highest BCUT2D eigenvalue weighted by molar-refractivity contribution is 7.89. The molecule has 1 fully saturated rings. The second-order valence-corrected chi connectivity index (χ2v) is 9.23. The smallest absolute Gasteiger partial charge is 0.333 e. The Hall–Kier alpha value is -1.92. The van der Waals surface area contributed by atoms with Crippen LogP contribution in [0.3, 0.4) is 0 Å². The summed E-state index contributed by atoms with van der Waals surface area (Å²) in [5, 5.41) is 0. The highest BCUT2D eigenvalue weighted by Crippen LogP contribution is 2.41. The number of rotatable bonds is 3. The van der Waals surface area contributed by atoms with E-state index in [4.69, 9.17) is 4.74 Å². The molecule has 3 rings (SSSR count). The third kappa shape index (κ3) is 3.35. The van der Waals surface area contributed by atoms with Gasteiger partial charge in [-0.2, -0.15) is 4.31 Å². The van der Waals surface area contributed by atoms with Crippen molar-refractivity contribution in [1.29, 1.82) is 0 Å². The lowest BCUT2D eigenvalue weighted by atomic mass is 9.87. The van der Waals surface area contributed by atoms with E-state index >= 15 is 0 Å². The molecule has 1 aromatic rings. The molecule has 0 unspecified atom stereocenters. The van der Waals surface area contributed by atoms with Crippen molar-refractivity contribution in [2.45, 2.75) is 31.6 Å². The molecule has 0 spiro atoms. The number of benzene rings is 1. The molecule has 0 bridgehead atoms. The molecule has 26 heavy (non-hydrogen) atoms. The first-order valence-corrected chi connectivity index (χ1v) is 10.2. The number of fused-ring (bicyclic) bond motifs is 1. The zero-order chi connectivity index (χ0) is 19.1. The summed E-state index contributed by atoms with van der Waals surface area (Å²) >= 11 is 0. The van der Waals surface area contributed by atoms with E-state index in [0.717, 1.165) is 16.7 Å². The van der Waals surface area contributed by atoms with E-state index in [1.54, 1.807) is 16.4 Å². The van der Waals surface area contributed by atoms with Crippen molar-refractivity contribution < 1.29 is 17.9 Å². The molecule has 0 aromatic heterocycles. The zero-order valence-corrected chi connectivity index (χ0v) is 16.3. The summed E-state index contributed by atoms with van der Waals surface area (Å²) in [6.45, 7) is 8.89. The molecule has 1 aliphatic carbocycles. The highest BCUT2D eigenvalue weighted by Gasteiger charge is 2.42. The topological polar surface area (TPSA) is 63.7 Å². The minimum Gasteiger partial charge on any atom is -0.466 e. The van der Waals surface area contributed by atoms with Crippen LogP contribution in [0.1, 0.15) is 25.3 Å². The van der Waals surface area contributed by atoms with Crippen molar-refractivity contribution in [3.8, 4) is 0 Å². The summed E-state index contributed by atoms with van der Waals surface area (Å²) in [5.41, 5.74) is 3.58. The Morgan fingerprint density at radius 1 is 1.19 bits per heavy atom. The Balaban J connectivity index is 1.86. The van der Waals surface area contributed by atoms with E-state index in [1.807, 2.05) is 26.0 Å². The lowest BCUT2D eigenvalue weighted by Gasteiger charge is -2.18. The lowest BCUT2D eigenvalue weighted by Crippen LogP contribution is -2.29. The minimum absolute atomic E-state index is 0.0623. The largest absolute Gasteiger partial charge is 0.466 e. The van der Waals surface area contributed by atoms with Crippen molar-refractivity contribution in [2.24, 2.45) is 11.8 Å². The SMILES string of the molecule is C=C1CC(C(=O)OC)=C(C)C[C@@H]2CN(S(=O)(=O)c3ccc(C)cc3)C[C@H]12. The number of sulfonamides is 1. The first kappa shape index (κ1) is 18.9. The average Bonchev–Trinajstić information content (AvgIpc) is 2.99. The number of methoxy groups -OCH3 is 1. The summed E-state index contributed by atoms with van der Waals surface area (Å²) in [5.74, 6) is -0.107. The number of ether oxygens (including phenoxy) is 1. The Kier molecular flexibility index (Phi) is 5.08. The summed E-state index contributed by atoms with van der Waals surface area (Å²) < 4.78 is 32.4. The van der Waals surface area contributed by atoms with Crippen molar-refractivity contribution in [3.05, 3.63) is 53.1 Å². The predicted molar refractivity (Wildman–Crippen MR) is 100 cm³/mol. The van der Waals surface area contributed by atoms with Gasteiger partial charge in [-0.15, -0.1) is 0 Å². The number of esters is 1. The van der Waals surface area contributed by atoms with Crippen molar-refractivity contribution >= 4 is 16.0 Å². The Bertz CT molecular complexity index is 868. The van der Waals surface area contributed by atoms with Crippen molar-refractivity contribution in [3.63, 3.8) is 0 Å². The molecule has 0 amide bonds. The van der Waals surface area contributed by atoms with E-state index in [0.29, 0.717) is 36.4 Å². The van der Waals surface area contributed by atoms with E-state index < -0.39 is 10.0 Å². The Labute approximate surface area is 155 Å². The van der Waals surface area contributed by atoms with Gasteiger partial charge in [0.15, 0.2) is 0 Å². The predicted octanol–water partition coefficient (Wildman–Crippen LogP) is 3.07. The fraction of sp³-hybridized carbons (Fsp3) is 0.450. The molecule has 6 heteroatoms. The van der Waals surface area contributed by atoms with Crippen LogP contribution in [0.25, 0.3) is 0 Å². The number of nitrogens with zero attached hydrogens (tertiary/aromatic N) is 1. The van der Waals surface area contributed by atoms with Crippen molar-refractivity contribution in [1.82, 2.24) is 4.31 Å². The van der Waals surface area contributed by atoms with Gasteiger partial charge >= 0.3 is 5.97 Å². The van der Waals surface area contributed by atoms with Gasteiger partial charge in [0.1, 0.15) is 0 Å². The molecule has 5 nitrogen and oxygen atoms in total. The maximum absolute atomic E-state index is 13.0. The van der Waals surface area contributed by atoms with Crippen LogP contribution >= 0.6 is 0 Å². The normalized spacial score (nSPS) is 24.3. The van der Waals surface area contributed by atoms with Crippen LogP contribution in [0.15, 0.2) is 52.5 Å². The summed E-state index contributed by atoms with van der Waals surface area (Å²) in [4.78, 5) is 12.3. The second kappa shape index (κ2) is 7.00. The van der Waals surface area contributed by atoms with E-state index in [9.17, 15) is 13.2 Å². The molecule has 0 saturated carbocycles. The number of hydrogen-bond donors (Lipinski definition) is 0. The van der Waals surface area contributed by atoms with Gasteiger partial charge in [0.25, 0.3) is 0 Å². The quantitative estimate of drug-likeness (QED) is 0.602. The van der Waals surface area contributed by atoms with E-state index in [2.05, 4.69) is 6.58 Å². The van der Waals surface area contributed by atoms with E-state index in [1.165, 1.54) is 7.11 Å². The van der Waals surface area contributed by atoms with Gasteiger partial charge in [0.05, 0.1) is 12.0 Å². The van der Waals surface area contributed by atoms with Gasteiger partial charge in [-0.25, -0.2) is 13.2 Å². The average molecular weight is 375 g/mol. The first-order chi connectivity index (χ1) is 12.2. The van der Waals surface area contributed by atoms with Crippen LogP contribution < -0.4 is 0 Å². The summed E-state index contributed by atoms with van der Waals surface area (Å²) in [6.07, 6.45) is 1.14. The van der Waals surface area contributed by atoms with E-state index in [-0.39, 0.29) is 17.8 Å². The first-order valence-electron chi connectivity index (χ1n) is 8.75. The number of hydrogen-bond acceptors (Lipinski definition) is 4. The molecule has 1 aliphatic heterocycles. The van der Waals surface area contributed by atoms with Gasteiger partial charge in [-0.05, 0) is 44.2 Å². The standard InChI is InChI=1S/C20H25NO4S/c1-13-5-7-17(8-6-13)26(23,24)21-11-16-9-14(2)18(20(22)25-4)10-15(3)19(16)12-21/h5-8,16,19H,3,9-12H2,1-2,4H3/t16-,19-/m1/s1. The zero-order valence-electron chi connectivity index (χ0n) is 15.5. The maximum Gasteiger partial charge on any atom is 0.333 e. The number of carbonyl (C=O) groups excluding carboxylic acids is 1. The number of carbonyl (C=O) groups is 1. The van der Waals surface area contributed by atoms with Crippen molar-refractivity contribution in [2.75, 3.05) is 20.2 Å².